The molecule has 2 aliphatic rings. The van der Waals surface area contributed by atoms with E-state index in [1.807, 2.05) is 12.1 Å². The smallest absolute Gasteiger partial charge is 0.136 e. The van der Waals surface area contributed by atoms with Gasteiger partial charge in [-0.05, 0) is 131 Å². The van der Waals surface area contributed by atoms with E-state index < -0.39 is 0 Å². The van der Waals surface area contributed by atoms with Crippen LogP contribution in [0.4, 0.5) is 0 Å². The van der Waals surface area contributed by atoms with Crippen molar-refractivity contribution >= 4 is 72.7 Å². The molecule has 7 aromatic carbocycles. The molecule has 1 heteroatoms. The summed E-state index contributed by atoms with van der Waals surface area (Å²) in [6.07, 6.45) is 15.3. The van der Waals surface area contributed by atoms with Gasteiger partial charge in [0.25, 0.3) is 0 Å². The van der Waals surface area contributed by atoms with Crippen molar-refractivity contribution in [3.63, 3.8) is 0 Å². The van der Waals surface area contributed by atoms with Crippen molar-refractivity contribution in [2.45, 2.75) is 32.1 Å². The summed E-state index contributed by atoms with van der Waals surface area (Å²) in [6, 6.07) is 52.2. The molecule has 60 heavy (non-hydrogen) atoms. The van der Waals surface area contributed by atoms with E-state index in [1.54, 1.807) is 0 Å². The fraction of sp³-hybridized carbons (Fsp3) is 0.0847. The Morgan fingerprint density at radius 2 is 1.25 bits per heavy atom. The van der Waals surface area contributed by atoms with E-state index in [0.29, 0.717) is 0 Å². The third kappa shape index (κ3) is 6.09. The lowest BCUT2D eigenvalue weighted by Crippen LogP contribution is -2.29. The first-order valence-electron chi connectivity index (χ1n) is 20.9. The highest BCUT2D eigenvalue weighted by atomic mass is 16.3. The minimum absolute atomic E-state index is 0.215. The highest BCUT2D eigenvalue weighted by molar-refractivity contribution is 6.11. The van der Waals surface area contributed by atoms with Gasteiger partial charge >= 0.3 is 0 Å². The van der Waals surface area contributed by atoms with Crippen LogP contribution in [0.1, 0.15) is 71.2 Å². The van der Waals surface area contributed by atoms with Crippen LogP contribution in [-0.4, -0.2) is 0 Å². The second-order valence-electron chi connectivity index (χ2n) is 16.5. The lowest BCUT2D eigenvalue weighted by molar-refractivity contribution is 0.668. The predicted molar refractivity (Wildman–Crippen MR) is 258 cm³/mol. The highest BCUT2D eigenvalue weighted by Gasteiger charge is 2.35. The minimum atomic E-state index is -0.215. The lowest BCUT2D eigenvalue weighted by Gasteiger charge is -2.27. The Balaban J connectivity index is 1.20. The van der Waals surface area contributed by atoms with Gasteiger partial charge in [0.05, 0.1) is 0 Å². The summed E-state index contributed by atoms with van der Waals surface area (Å²) in [4.78, 5) is 0. The quantitative estimate of drug-likeness (QED) is 0.157. The van der Waals surface area contributed by atoms with Crippen LogP contribution >= 0.6 is 0 Å². The van der Waals surface area contributed by atoms with E-state index in [2.05, 4.69) is 190 Å². The summed E-state index contributed by atoms with van der Waals surface area (Å²) in [5, 5.41) is 6.86. The van der Waals surface area contributed by atoms with Crippen molar-refractivity contribution in [3.8, 4) is 0 Å². The lowest BCUT2D eigenvalue weighted by atomic mass is 9.76. The molecule has 0 unspecified atom stereocenters. The van der Waals surface area contributed by atoms with Crippen LogP contribution in [0.25, 0.3) is 72.7 Å². The van der Waals surface area contributed by atoms with E-state index in [9.17, 15) is 0 Å². The molecule has 0 aliphatic heterocycles. The average molecular weight is 771 g/mol. The Bertz CT molecular complexity index is 3330. The molecule has 1 nitrogen and oxygen atoms in total. The number of para-hydroxylation sites is 1. The zero-order valence-electron chi connectivity index (χ0n) is 34.3. The van der Waals surface area contributed by atoms with E-state index in [4.69, 9.17) is 17.6 Å². The van der Waals surface area contributed by atoms with Crippen LogP contribution < -0.4 is 10.4 Å². The van der Waals surface area contributed by atoms with E-state index in [-0.39, 0.29) is 5.41 Å². The van der Waals surface area contributed by atoms with E-state index in [0.717, 1.165) is 89.9 Å². The fourth-order valence-corrected chi connectivity index (χ4v) is 9.59. The summed E-state index contributed by atoms with van der Waals surface area (Å²) in [5.74, 6) is 0. The highest BCUT2D eigenvalue weighted by Crippen LogP contribution is 2.50. The first-order valence-corrected chi connectivity index (χ1v) is 20.9. The molecule has 0 N–H and O–H groups in total. The van der Waals surface area contributed by atoms with Gasteiger partial charge in [0.15, 0.2) is 0 Å². The van der Waals surface area contributed by atoms with Crippen LogP contribution in [-0.2, 0) is 5.41 Å². The first kappa shape index (κ1) is 37.1. The molecule has 0 atom stereocenters. The van der Waals surface area contributed by atoms with Gasteiger partial charge in [-0.3, -0.25) is 0 Å². The van der Waals surface area contributed by atoms with Crippen LogP contribution in [0.3, 0.4) is 0 Å². The maximum Gasteiger partial charge on any atom is 0.136 e. The molecular weight excluding hydrogens is 725 g/mol. The van der Waals surface area contributed by atoms with Gasteiger partial charge in [-0.25, -0.2) is 0 Å². The molecule has 1 heterocycles. The monoisotopic (exact) mass is 770 g/mol. The fourth-order valence-electron chi connectivity index (χ4n) is 9.59. The third-order valence-electron chi connectivity index (χ3n) is 12.7. The molecule has 0 radical (unpaired) electrons. The number of rotatable bonds is 7. The Labute approximate surface area is 352 Å². The molecule has 0 saturated carbocycles. The van der Waals surface area contributed by atoms with Crippen LogP contribution in [0.15, 0.2) is 194 Å². The molecule has 0 bridgehead atoms. The molecule has 1 aromatic heterocycles. The predicted octanol–water partition coefficient (Wildman–Crippen LogP) is 14.2. The molecule has 0 saturated heterocycles. The van der Waals surface area contributed by atoms with Gasteiger partial charge in [0, 0.05) is 16.2 Å². The number of benzene rings is 7. The molecule has 0 amide bonds. The van der Waals surface area contributed by atoms with Crippen LogP contribution in [0.5, 0.6) is 0 Å². The van der Waals surface area contributed by atoms with Gasteiger partial charge in [0.2, 0.25) is 0 Å². The third-order valence-corrected chi connectivity index (χ3v) is 12.7. The molecule has 8 aromatic rings. The SMILES string of the molecule is C=Cc1ccccc1C(=C)C1=c2cccc/c2=C(c2ccc(C(=C)c3cc4c(cc3C3=Cc5ccccc5C3(C)C)oc3ccccc34)c3ccccc23)/C=C/CCC=C1. The van der Waals surface area contributed by atoms with E-state index in [1.165, 1.54) is 38.4 Å². The second kappa shape index (κ2) is 14.9. The Hall–Kier alpha value is -7.22. The maximum absolute atomic E-state index is 6.53. The zero-order chi connectivity index (χ0) is 41.0. The van der Waals surface area contributed by atoms with Gasteiger partial charge in [-0.15, -0.1) is 0 Å². The summed E-state index contributed by atoms with van der Waals surface area (Å²) in [6.45, 7) is 18.4. The van der Waals surface area contributed by atoms with Crippen molar-refractivity contribution in [1.29, 1.82) is 0 Å². The number of fused-ring (bicyclic) bond motifs is 6. The first-order chi connectivity index (χ1) is 29.3. The topological polar surface area (TPSA) is 13.1 Å². The summed E-state index contributed by atoms with van der Waals surface area (Å²) in [5.41, 5.74) is 16.4. The molecular formula is C59H46O. The van der Waals surface area contributed by atoms with Crippen molar-refractivity contribution in [3.05, 3.63) is 245 Å². The number of furan rings is 1. The van der Waals surface area contributed by atoms with Crippen LogP contribution in [0.2, 0.25) is 0 Å². The van der Waals surface area contributed by atoms with Crippen molar-refractivity contribution in [1.82, 2.24) is 0 Å². The zero-order valence-corrected chi connectivity index (χ0v) is 34.3. The van der Waals surface area contributed by atoms with Crippen LogP contribution in [0, 0.1) is 0 Å². The summed E-state index contributed by atoms with van der Waals surface area (Å²) >= 11 is 0. The number of hydrogen-bond donors (Lipinski definition) is 0. The van der Waals surface area contributed by atoms with Gasteiger partial charge in [-0.1, -0.05) is 191 Å². The van der Waals surface area contributed by atoms with Crippen molar-refractivity contribution < 1.29 is 4.42 Å². The summed E-state index contributed by atoms with van der Waals surface area (Å²) in [7, 11) is 0. The Morgan fingerprint density at radius 3 is 2.07 bits per heavy atom. The number of allylic oxidation sites excluding steroid dienone is 6. The van der Waals surface area contributed by atoms with Crippen molar-refractivity contribution in [2.24, 2.45) is 0 Å². The van der Waals surface area contributed by atoms with Gasteiger partial charge in [0.1, 0.15) is 11.2 Å². The van der Waals surface area contributed by atoms with Gasteiger partial charge < -0.3 is 4.42 Å². The Morgan fingerprint density at radius 1 is 0.567 bits per heavy atom. The maximum atomic E-state index is 6.53. The molecule has 2 aliphatic carbocycles. The molecule has 0 fully saturated rings. The largest absolute Gasteiger partial charge is 0.456 e. The molecule has 10 rings (SSSR count). The second-order valence-corrected chi connectivity index (χ2v) is 16.5. The average Bonchev–Trinajstić information content (AvgIpc) is 3.79. The molecule has 288 valence electrons. The Kier molecular flexibility index (Phi) is 9.18. The van der Waals surface area contributed by atoms with Gasteiger partial charge in [-0.2, -0.15) is 0 Å². The van der Waals surface area contributed by atoms with Crippen molar-refractivity contribution in [2.75, 3.05) is 0 Å². The summed E-state index contributed by atoms with van der Waals surface area (Å²) < 4.78 is 6.53. The number of hydrogen-bond acceptors (Lipinski definition) is 1. The normalized spacial score (nSPS) is 16.0. The van der Waals surface area contributed by atoms with E-state index >= 15 is 0 Å². The standard InChI is InChI=1S/C59H46O/c1-6-40-21-11-13-23-42(40)38(2)43-24-9-7-8-10-25-49(47-28-16-14-26-45(43)47)50-34-33-44(46-27-15-17-29-48(46)50)39(3)52-36-54-51-30-18-20-32-57(51)60-58(54)37-53(52)56-35-41-22-12-19-31-55(41)59(56,4)5/h6,9-37H,1-3,7-8H2,4-5H3/b24-9?,25-10+,45-43?,49-47+. The molecule has 0 spiro atoms. The minimum Gasteiger partial charge on any atom is -0.456 e.